The summed E-state index contributed by atoms with van der Waals surface area (Å²) in [6.07, 6.45) is 3.41. The number of benzene rings is 2. The fourth-order valence-electron chi connectivity index (χ4n) is 3.82. The first kappa shape index (κ1) is 19.0. The van der Waals surface area contributed by atoms with Crippen molar-refractivity contribution < 1.29 is 13.5 Å². The third-order valence-corrected chi connectivity index (χ3v) is 5.52. The number of imidazole rings is 1. The quantitative estimate of drug-likeness (QED) is 0.456. The van der Waals surface area contributed by atoms with E-state index in [4.69, 9.17) is 4.74 Å². The summed E-state index contributed by atoms with van der Waals surface area (Å²) in [6.45, 7) is 1.86. The molecule has 0 spiro atoms. The number of aryl methyl sites for hydroxylation is 3. The molecule has 0 aliphatic heterocycles. The van der Waals surface area contributed by atoms with Gasteiger partial charge in [-0.2, -0.15) is 0 Å². The highest BCUT2D eigenvalue weighted by Gasteiger charge is 2.21. The van der Waals surface area contributed by atoms with E-state index in [0.717, 1.165) is 29.0 Å². The fraction of sp³-hybridized carbons (Fsp3) is 0.130. The zero-order chi connectivity index (χ0) is 21.9. The normalized spacial score (nSPS) is 11.5. The van der Waals surface area contributed by atoms with Crippen LogP contribution in [0.2, 0.25) is 0 Å². The molecular formula is C23H18F2N4O2. The molecule has 5 aromatic rings. The van der Waals surface area contributed by atoms with Gasteiger partial charge in [-0.3, -0.25) is 4.79 Å². The van der Waals surface area contributed by atoms with Crippen molar-refractivity contribution in [3.8, 4) is 22.6 Å². The van der Waals surface area contributed by atoms with Gasteiger partial charge in [0.05, 0.1) is 5.52 Å². The van der Waals surface area contributed by atoms with Crippen LogP contribution >= 0.6 is 0 Å². The Bertz CT molecular complexity index is 1550. The van der Waals surface area contributed by atoms with Crippen LogP contribution in [0.3, 0.4) is 0 Å². The van der Waals surface area contributed by atoms with Crippen LogP contribution in [0.4, 0.5) is 8.78 Å². The number of pyridine rings is 1. The van der Waals surface area contributed by atoms with Crippen molar-refractivity contribution in [2.75, 3.05) is 0 Å². The Balaban J connectivity index is 1.84. The van der Waals surface area contributed by atoms with Gasteiger partial charge >= 0.3 is 0 Å². The highest BCUT2D eigenvalue weighted by atomic mass is 19.1. The van der Waals surface area contributed by atoms with Crippen molar-refractivity contribution in [3.63, 3.8) is 0 Å². The summed E-state index contributed by atoms with van der Waals surface area (Å²) >= 11 is 0. The predicted octanol–water partition coefficient (Wildman–Crippen LogP) is 4.80. The lowest BCUT2D eigenvalue weighted by atomic mass is 10.0. The largest absolute Gasteiger partial charge is 0.451 e. The zero-order valence-electron chi connectivity index (χ0n) is 17.0. The van der Waals surface area contributed by atoms with Crippen LogP contribution in [0, 0.1) is 18.6 Å². The van der Waals surface area contributed by atoms with E-state index in [2.05, 4.69) is 9.97 Å². The number of nitrogens with one attached hydrogen (secondary N) is 1. The molecule has 1 N–H and O–H groups in total. The summed E-state index contributed by atoms with van der Waals surface area (Å²) in [5, 5.41) is 0.708. The predicted molar refractivity (Wildman–Crippen MR) is 114 cm³/mol. The lowest BCUT2D eigenvalue weighted by Gasteiger charge is -2.15. The molecule has 0 unspecified atom stereocenters. The molecule has 8 heteroatoms. The molecule has 6 nitrogen and oxygen atoms in total. The van der Waals surface area contributed by atoms with Gasteiger partial charge in [-0.05, 0) is 37.3 Å². The van der Waals surface area contributed by atoms with Gasteiger partial charge in [-0.1, -0.05) is 0 Å². The molecule has 0 aliphatic rings. The summed E-state index contributed by atoms with van der Waals surface area (Å²) < 4.78 is 37.2. The minimum absolute atomic E-state index is 0.117. The lowest BCUT2D eigenvalue weighted by Crippen LogP contribution is -2.16. The summed E-state index contributed by atoms with van der Waals surface area (Å²) in [5.41, 5.74) is 2.99. The van der Waals surface area contributed by atoms with Crippen molar-refractivity contribution in [2.45, 2.75) is 6.92 Å². The molecule has 156 valence electrons. The van der Waals surface area contributed by atoms with Gasteiger partial charge in [0.25, 0.3) is 5.56 Å². The number of nitrogens with zero attached hydrogens (tertiary/aromatic N) is 3. The maximum Gasteiger partial charge on any atom is 0.274 e. The first-order chi connectivity index (χ1) is 14.8. The van der Waals surface area contributed by atoms with Crippen molar-refractivity contribution in [2.24, 2.45) is 14.1 Å². The lowest BCUT2D eigenvalue weighted by molar-refractivity contribution is 0.442. The topological polar surface area (TPSA) is 64.8 Å². The molecule has 31 heavy (non-hydrogen) atoms. The van der Waals surface area contributed by atoms with E-state index in [1.165, 1.54) is 10.6 Å². The Morgan fingerprint density at radius 3 is 2.65 bits per heavy atom. The van der Waals surface area contributed by atoms with E-state index in [1.54, 1.807) is 19.4 Å². The highest BCUT2D eigenvalue weighted by Crippen LogP contribution is 2.41. The molecule has 0 saturated carbocycles. The first-order valence-corrected chi connectivity index (χ1v) is 9.61. The molecule has 0 amide bonds. The molecular weight excluding hydrogens is 402 g/mol. The molecule has 0 aliphatic carbocycles. The molecule has 0 radical (unpaired) electrons. The number of hydrogen-bond donors (Lipinski definition) is 1. The second kappa shape index (κ2) is 6.80. The number of ether oxygens (including phenoxy) is 1. The van der Waals surface area contributed by atoms with E-state index in [-0.39, 0.29) is 11.3 Å². The SMILES string of the molecule is Cc1nc2c(Oc3ccc(F)cc3F)c(-c3cn(C)c(=O)c4[nH]ccc34)ccc2n1C. The molecule has 0 bridgehead atoms. The Morgan fingerprint density at radius 2 is 1.87 bits per heavy atom. The van der Waals surface area contributed by atoms with Crippen LogP contribution in [-0.2, 0) is 14.1 Å². The third-order valence-electron chi connectivity index (χ3n) is 5.52. The molecule has 0 saturated heterocycles. The Labute approximate surface area is 175 Å². The maximum atomic E-state index is 14.4. The Kier molecular flexibility index (Phi) is 4.18. The standard InChI is InChI=1S/C23H18F2N4O2/c1-12-27-21-18(29(12)3)6-5-15(22(21)31-19-7-4-13(24)10-17(19)25)16-11-28(2)23(30)20-14(16)8-9-26-20/h4-11,26H,1-3H3. The first-order valence-electron chi connectivity index (χ1n) is 9.61. The van der Waals surface area contributed by atoms with Gasteiger partial charge in [0, 0.05) is 49.1 Å². The number of H-pyrrole nitrogens is 1. The zero-order valence-corrected chi connectivity index (χ0v) is 17.0. The molecule has 3 aromatic heterocycles. The van der Waals surface area contributed by atoms with Gasteiger partial charge in [0.15, 0.2) is 17.3 Å². The van der Waals surface area contributed by atoms with Gasteiger partial charge < -0.3 is 18.9 Å². The minimum Gasteiger partial charge on any atom is -0.451 e. The number of hydrogen-bond acceptors (Lipinski definition) is 3. The fourth-order valence-corrected chi connectivity index (χ4v) is 3.82. The number of aromatic nitrogens is 4. The average molecular weight is 420 g/mol. The van der Waals surface area contributed by atoms with Crippen molar-refractivity contribution in [3.05, 3.63) is 76.6 Å². The molecule has 3 heterocycles. The van der Waals surface area contributed by atoms with Crippen LogP contribution in [0.1, 0.15) is 5.82 Å². The molecule has 0 fully saturated rings. The summed E-state index contributed by atoms with van der Waals surface area (Å²) in [7, 11) is 3.54. The van der Waals surface area contributed by atoms with E-state index in [9.17, 15) is 13.6 Å². The monoisotopic (exact) mass is 420 g/mol. The van der Waals surface area contributed by atoms with Crippen LogP contribution in [-0.4, -0.2) is 19.1 Å². The molecule has 0 atom stereocenters. The van der Waals surface area contributed by atoms with Crippen LogP contribution in [0.5, 0.6) is 11.5 Å². The minimum atomic E-state index is -0.817. The van der Waals surface area contributed by atoms with E-state index in [0.29, 0.717) is 27.7 Å². The number of halogens is 2. The average Bonchev–Trinajstić information content (AvgIpc) is 3.33. The highest BCUT2D eigenvalue weighted by molar-refractivity contribution is 6.00. The summed E-state index contributed by atoms with van der Waals surface area (Å²) in [5.74, 6) is -0.544. The van der Waals surface area contributed by atoms with Gasteiger partial charge in [-0.15, -0.1) is 0 Å². The van der Waals surface area contributed by atoms with Crippen molar-refractivity contribution in [1.29, 1.82) is 0 Å². The van der Waals surface area contributed by atoms with Crippen LogP contribution in [0.25, 0.3) is 33.1 Å². The maximum absolute atomic E-state index is 14.4. The summed E-state index contributed by atoms with van der Waals surface area (Å²) in [4.78, 5) is 20.1. The molecule has 2 aromatic carbocycles. The van der Waals surface area contributed by atoms with Crippen molar-refractivity contribution in [1.82, 2.24) is 19.1 Å². The van der Waals surface area contributed by atoms with E-state index >= 15 is 0 Å². The second-order valence-electron chi connectivity index (χ2n) is 7.43. The van der Waals surface area contributed by atoms with Crippen LogP contribution < -0.4 is 10.3 Å². The van der Waals surface area contributed by atoms with E-state index in [1.807, 2.05) is 36.7 Å². The van der Waals surface area contributed by atoms with Gasteiger partial charge in [0.2, 0.25) is 0 Å². The molecule has 5 rings (SSSR count). The third kappa shape index (κ3) is 2.91. The number of fused-ring (bicyclic) bond motifs is 2. The van der Waals surface area contributed by atoms with Gasteiger partial charge in [0.1, 0.15) is 22.7 Å². The van der Waals surface area contributed by atoms with Gasteiger partial charge in [-0.25, -0.2) is 13.8 Å². The summed E-state index contributed by atoms with van der Waals surface area (Å²) in [6, 6.07) is 8.72. The Hall–Kier alpha value is -3.94. The number of aromatic amines is 1. The van der Waals surface area contributed by atoms with E-state index < -0.39 is 11.6 Å². The van der Waals surface area contributed by atoms with Crippen molar-refractivity contribution >= 4 is 21.9 Å². The van der Waals surface area contributed by atoms with Crippen LogP contribution in [0.15, 0.2) is 53.6 Å². The smallest absolute Gasteiger partial charge is 0.274 e. The second-order valence-corrected chi connectivity index (χ2v) is 7.43. The Morgan fingerprint density at radius 1 is 1.06 bits per heavy atom. The number of rotatable bonds is 3.